The summed E-state index contributed by atoms with van der Waals surface area (Å²) in [5, 5.41) is 22.6. The highest BCUT2D eigenvalue weighted by molar-refractivity contribution is 5.95. The van der Waals surface area contributed by atoms with E-state index < -0.39 is 29.9 Å². The molecule has 4 N–H and O–H groups in total. The molecule has 8 nitrogen and oxygen atoms in total. The molecular weight excluding hydrogens is 455 g/mol. The third kappa shape index (κ3) is 5.30. The first-order valence-electron chi connectivity index (χ1n) is 11.0. The van der Waals surface area contributed by atoms with Gasteiger partial charge < -0.3 is 20.3 Å². The van der Waals surface area contributed by atoms with Gasteiger partial charge in [-0.05, 0) is 40.5 Å². The van der Waals surface area contributed by atoms with Crippen molar-refractivity contribution in [2.24, 2.45) is 0 Å². The summed E-state index contributed by atoms with van der Waals surface area (Å²) in [5.41, 5.74) is 4.12. The van der Waals surface area contributed by atoms with E-state index in [1.54, 1.807) is 0 Å². The van der Waals surface area contributed by atoms with Gasteiger partial charge >= 0.3 is 12.1 Å². The van der Waals surface area contributed by atoms with Gasteiger partial charge in [-0.25, -0.2) is 14.0 Å². The van der Waals surface area contributed by atoms with Crippen molar-refractivity contribution in [3.05, 3.63) is 89.2 Å². The Morgan fingerprint density at radius 3 is 2.20 bits per heavy atom. The van der Waals surface area contributed by atoms with Gasteiger partial charge in [-0.1, -0.05) is 48.5 Å². The second-order valence-electron chi connectivity index (χ2n) is 8.04. The number of aliphatic carboxylic acids is 1. The summed E-state index contributed by atoms with van der Waals surface area (Å²) in [4.78, 5) is 35.1. The Morgan fingerprint density at radius 2 is 1.60 bits per heavy atom. The second kappa shape index (κ2) is 10.4. The van der Waals surface area contributed by atoms with Gasteiger partial charge in [-0.3, -0.25) is 10.1 Å². The molecule has 2 amide bonds. The topological polar surface area (TPSA) is 125 Å². The highest BCUT2D eigenvalue weighted by Crippen LogP contribution is 2.44. The van der Waals surface area contributed by atoms with Crippen molar-refractivity contribution < 1.29 is 33.7 Å². The van der Waals surface area contributed by atoms with Crippen LogP contribution in [0.5, 0.6) is 0 Å². The van der Waals surface area contributed by atoms with Crippen LogP contribution in [-0.2, 0) is 9.53 Å². The summed E-state index contributed by atoms with van der Waals surface area (Å²) in [7, 11) is 0. The summed E-state index contributed by atoms with van der Waals surface area (Å²) in [5.74, 6) is -3.01. The van der Waals surface area contributed by atoms with Crippen LogP contribution in [0, 0.1) is 5.82 Å². The first kappa shape index (κ1) is 23.9. The molecule has 3 aromatic rings. The largest absolute Gasteiger partial charge is 0.479 e. The summed E-state index contributed by atoms with van der Waals surface area (Å²) in [6.45, 7) is -0.0299. The highest BCUT2D eigenvalue weighted by atomic mass is 19.1. The molecular formula is C26H23FN2O6. The van der Waals surface area contributed by atoms with Crippen LogP contribution in [0.3, 0.4) is 0 Å². The molecule has 0 fully saturated rings. The van der Waals surface area contributed by atoms with E-state index in [2.05, 4.69) is 10.6 Å². The number of carbonyl (C=O) groups is 3. The molecule has 0 aliphatic heterocycles. The van der Waals surface area contributed by atoms with Crippen molar-refractivity contribution in [3.8, 4) is 11.1 Å². The molecule has 1 unspecified atom stereocenters. The molecule has 0 radical (unpaired) electrons. The molecule has 1 aliphatic rings. The SMILES string of the molecule is O=C(Nc1ccc(C(=O)NCCC(O)C(=O)O)cc1F)OCC1c2ccccc2-c2ccccc21. The molecule has 0 bridgehead atoms. The minimum Gasteiger partial charge on any atom is -0.479 e. The number of anilines is 1. The number of hydrogen-bond acceptors (Lipinski definition) is 5. The average Bonchev–Trinajstić information content (AvgIpc) is 3.17. The van der Waals surface area contributed by atoms with Gasteiger partial charge in [0.05, 0.1) is 5.69 Å². The van der Waals surface area contributed by atoms with Crippen molar-refractivity contribution in [2.75, 3.05) is 18.5 Å². The average molecular weight is 478 g/mol. The Morgan fingerprint density at radius 1 is 0.971 bits per heavy atom. The first-order valence-corrected chi connectivity index (χ1v) is 11.0. The van der Waals surface area contributed by atoms with E-state index in [0.29, 0.717) is 0 Å². The Hall–Kier alpha value is -4.24. The van der Waals surface area contributed by atoms with Crippen molar-refractivity contribution in [1.29, 1.82) is 0 Å². The molecule has 4 rings (SSSR count). The Kier molecular flexibility index (Phi) is 7.07. The fourth-order valence-electron chi connectivity index (χ4n) is 4.05. The number of aliphatic hydroxyl groups excluding tert-OH is 1. The fourth-order valence-corrected chi connectivity index (χ4v) is 4.05. The van der Waals surface area contributed by atoms with Crippen molar-refractivity contribution in [2.45, 2.75) is 18.4 Å². The van der Waals surface area contributed by atoms with Gasteiger partial charge in [0.25, 0.3) is 5.91 Å². The van der Waals surface area contributed by atoms with E-state index in [1.165, 1.54) is 12.1 Å². The summed E-state index contributed by atoms with van der Waals surface area (Å²) in [6.07, 6.45) is -2.62. The van der Waals surface area contributed by atoms with E-state index >= 15 is 0 Å². The molecule has 1 aliphatic carbocycles. The minimum atomic E-state index is -1.60. The van der Waals surface area contributed by atoms with Gasteiger partial charge in [-0.2, -0.15) is 0 Å². The predicted octanol–water partition coefficient (Wildman–Crippen LogP) is 3.75. The second-order valence-corrected chi connectivity index (χ2v) is 8.04. The molecule has 0 heterocycles. The lowest BCUT2D eigenvalue weighted by molar-refractivity contribution is -0.146. The monoisotopic (exact) mass is 478 g/mol. The van der Waals surface area contributed by atoms with E-state index in [9.17, 15) is 23.9 Å². The molecule has 0 saturated heterocycles. The number of nitrogens with one attached hydrogen (secondary N) is 2. The third-order valence-electron chi connectivity index (χ3n) is 5.80. The van der Waals surface area contributed by atoms with Crippen molar-refractivity contribution in [3.63, 3.8) is 0 Å². The summed E-state index contributed by atoms with van der Waals surface area (Å²) in [6, 6.07) is 19.3. The number of halogens is 1. The number of carboxylic acids is 1. The molecule has 35 heavy (non-hydrogen) atoms. The number of fused-ring (bicyclic) bond motifs is 3. The molecule has 1 atom stereocenters. The zero-order valence-corrected chi connectivity index (χ0v) is 18.5. The Balaban J connectivity index is 1.34. The zero-order valence-electron chi connectivity index (χ0n) is 18.5. The highest BCUT2D eigenvalue weighted by Gasteiger charge is 2.29. The van der Waals surface area contributed by atoms with E-state index in [0.717, 1.165) is 28.3 Å². The normalized spacial score (nSPS) is 12.9. The summed E-state index contributed by atoms with van der Waals surface area (Å²) < 4.78 is 19.9. The molecule has 3 aromatic carbocycles. The van der Waals surface area contributed by atoms with Crippen LogP contribution in [0.1, 0.15) is 33.8 Å². The van der Waals surface area contributed by atoms with Crippen LogP contribution >= 0.6 is 0 Å². The maximum absolute atomic E-state index is 14.5. The third-order valence-corrected chi connectivity index (χ3v) is 5.80. The predicted molar refractivity (Wildman–Crippen MR) is 126 cm³/mol. The molecule has 0 spiro atoms. The number of benzene rings is 3. The Labute approximate surface area is 200 Å². The molecule has 9 heteroatoms. The maximum atomic E-state index is 14.5. The maximum Gasteiger partial charge on any atom is 0.411 e. The van der Waals surface area contributed by atoms with Crippen LogP contribution in [0.4, 0.5) is 14.9 Å². The van der Waals surface area contributed by atoms with Gasteiger partial charge in [0.1, 0.15) is 12.4 Å². The van der Waals surface area contributed by atoms with E-state index in [4.69, 9.17) is 9.84 Å². The molecule has 0 saturated carbocycles. The standard InChI is InChI=1S/C26H23FN2O6/c27-21-13-15(24(31)28-12-11-23(30)25(32)33)9-10-22(21)29-26(34)35-14-20-18-7-3-1-5-16(18)17-6-2-4-8-19(17)20/h1-10,13,20,23,30H,11-12,14H2,(H,28,31)(H,29,34)(H,32,33). The van der Waals surface area contributed by atoms with Crippen molar-refractivity contribution in [1.82, 2.24) is 5.32 Å². The lowest BCUT2D eigenvalue weighted by Gasteiger charge is -2.15. The number of amides is 2. The van der Waals surface area contributed by atoms with Gasteiger partial charge in [0.15, 0.2) is 6.10 Å². The number of carbonyl (C=O) groups excluding carboxylic acids is 2. The number of ether oxygens (including phenoxy) is 1. The van der Waals surface area contributed by atoms with E-state index in [1.807, 2.05) is 48.5 Å². The van der Waals surface area contributed by atoms with Crippen LogP contribution in [0.25, 0.3) is 11.1 Å². The first-order chi connectivity index (χ1) is 16.8. The lowest BCUT2D eigenvalue weighted by atomic mass is 9.98. The van der Waals surface area contributed by atoms with E-state index in [-0.39, 0.29) is 36.7 Å². The minimum absolute atomic E-state index is 0.0228. The van der Waals surface area contributed by atoms with Crippen LogP contribution in [-0.4, -0.2) is 47.4 Å². The fraction of sp³-hybridized carbons (Fsp3) is 0.192. The Bertz CT molecular complexity index is 1230. The lowest BCUT2D eigenvalue weighted by Crippen LogP contribution is -2.30. The van der Waals surface area contributed by atoms with Crippen LogP contribution < -0.4 is 10.6 Å². The number of hydrogen-bond donors (Lipinski definition) is 4. The van der Waals surface area contributed by atoms with Crippen molar-refractivity contribution >= 4 is 23.7 Å². The smallest absolute Gasteiger partial charge is 0.411 e. The van der Waals surface area contributed by atoms with Crippen LogP contribution in [0.2, 0.25) is 0 Å². The summed E-state index contributed by atoms with van der Waals surface area (Å²) >= 11 is 0. The van der Waals surface area contributed by atoms with Gasteiger partial charge in [0, 0.05) is 24.4 Å². The number of aliphatic hydroxyl groups is 1. The van der Waals surface area contributed by atoms with Gasteiger partial charge in [0.2, 0.25) is 0 Å². The quantitative estimate of drug-likeness (QED) is 0.391. The van der Waals surface area contributed by atoms with Crippen LogP contribution in [0.15, 0.2) is 66.7 Å². The van der Waals surface area contributed by atoms with Gasteiger partial charge in [-0.15, -0.1) is 0 Å². The molecule has 180 valence electrons. The number of rotatable bonds is 8. The molecule has 0 aromatic heterocycles. The number of carboxylic acid groups (broad SMARTS) is 1. The zero-order chi connectivity index (χ0) is 24.9.